The highest BCUT2D eigenvalue weighted by Gasteiger charge is 2.21. The largest absolute Gasteiger partial charge is 0.486 e. The fourth-order valence-corrected chi connectivity index (χ4v) is 2.17. The summed E-state index contributed by atoms with van der Waals surface area (Å²) in [5.74, 6) is 1.21. The zero-order valence-corrected chi connectivity index (χ0v) is 11.4. The third-order valence-electron chi connectivity index (χ3n) is 3.26. The van der Waals surface area contributed by atoms with Crippen molar-refractivity contribution in [2.24, 2.45) is 0 Å². The molecule has 2 aromatic carbocycles. The number of hydrogen-bond acceptors (Lipinski definition) is 4. The molecule has 0 aliphatic carbocycles. The van der Waals surface area contributed by atoms with Gasteiger partial charge in [0.1, 0.15) is 12.7 Å². The molecular weight excluding hydrogens is 268 g/mol. The van der Waals surface area contributed by atoms with Gasteiger partial charge in [-0.15, -0.1) is 0 Å². The summed E-state index contributed by atoms with van der Waals surface area (Å²) in [7, 11) is 0. The monoisotopic (exact) mass is 284 g/mol. The summed E-state index contributed by atoms with van der Waals surface area (Å²) in [6.45, 7) is 0.767. The van der Waals surface area contributed by atoms with Crippen molar-refractivity contribution >= 4 is 11.6 Å². The molecule has 0 aromatic heterocycles. The van der Waals surface area contributed by atoms with Crippen molar-refractivity contribution in [3.63, 3.8) is 0 Å². The summed E-state index contributed by atoms with van der Waals surface area (Å²) < 4.78 is 11.4. The number of ether oxygens (including phenoxy) is 2. The average molecular weight is 284 g/mol. The van der Waals surface area contributed by atoms with E-state index in [9.17, 15) is 4.79 Å². The molecule has 2 aromatic rings. The number of fused-ring (bicyclic) bond motifs is 1. The molecule has 5 heteroatoms. The Kier molecular flexibility index (Phi) is 3.64. The maximum Gasteiger partial charge on any atom is 0.253 e. The lowest BCUT2D eigenvalue weighted by molar-refractivity contribution is 0.0790. The van der Waals surface area contributed by atoms with Gasteiger partial charge in [-0.3, -0.25) is 4.79 Å². The van der Waals surface area contributed by atoms with Gasteiger partial charge in [0.05, 0.1) is 12.1 Å². The Morgan fingerprint density at radius 1 is 1.14 bits per heavy atom. The van der Waals surface area contributed by atoms with Gasteiger partial charge in [0.25, 0.3) is 5.91 Å². The highest BCUT2D eigenvalue weighted by molar-refractivity contribution is 5.99. The van der Waals surface area contributed by atoms with Crippen LogP contribution in [0.3, 0.4) is 0 Å². The summed E-state index contributed by atoms with van der Waals surface area (Å²) in [5, 5.41) is 2.82. The molecule has 0 fully saturated rings. The maximum absolute atomic E-state index is 12.1. The van der Waals surface area contributed by atoms with Gasteiger partial charge < -0.3 is 20.5 Å². The van der Waals surface area contributed by atoms with Crippen LogP contribution in [0.1, 0.15) is 10.4 Å². The second kappa shape index (κ2) is 5.75. The highest BCUT2D eigenvalue weighted by Crippen LogP contribution is 2.30. The molecule has 1 aliphatic heterocycles. The molecule has 0 saturated heterocycles. The highest BCUT2D eigenvalue weighted by atomic mass is 16.6. The number of amides is 1. The molecule has 3 N–H and O–H groups in total. The number of carbonyl (C=O) groups is 1. The fourth-order valence-electron chi connectivity index (χ4n) is 2.17. The third kappa shape index (κ3) is 2.91. The van der Waals surface area contributed by atoms with E-state index < -0.39 is 0 Å². The summed E-state index contributed by atoms with van der Waals surface area (Å²) in [5.41, 5.74) is 6.70. The first-order valence-corrected chi connectivity index (χ1v) is 6.75. The average Bonchev–Trinajstić information content (AvgIpc) is 2.53. The Morgan fingerprint density at radius 2 is 1.86 bits per heavy atom. The standard InChI is InChI=1S/C16H16N2O3/c17-13-6-2-1-5-12(13)16(19)18-9-11-10-20-14-7-3-4-8-15(14)21-11/h1-8,11H,9-10,17H2,(H,18,19). The third-order valence-corrected chi connectivity index (χ3v) is 3.26. The lowest BCUT2D eigenvalue weighted by Gasteiger charge is -2.26. The Morgan fingerprint density at radius 3 is 2.67 bits per heavy atom. The zero-order valence-electron chi connectivity index (χ0n) is 11.4. The Hall–Kier alpha value is -2.69. The minimum Gasteiger partial charge on any atom is -0.486 e. The van der Waals surface area contributed by atoms with Crippen molar-refractivity contribution in [1.82, 2.24) is 5.32 Å². The van der Waals surface area contributed by atoms with E-state index >= 15 is 0 Å². The topological polar surface area (TPSA) is 73.6 Å². The molecular formula is C16H16N2O3. The molecule has 1 unspecified atom stereocenters. The number of benzene rings is 2. The van der Waals surface area contributed by atoms with Crippen molar-refractivity contribution in [3.05, 3.63) is 54.1 Å². The summed E-state index contributed by atoms with van der Waals surface area (Å²) in [6.07, 6.45) is -0.214. The van der Waals surface area contributed by atoms with E-state index in [2.05, 4.69) is 5.32 Å². The van der Waals surface area contributed by atoms with Crippen LogP contribution in [-0.4, -0.2) is 25.2 Å². The molecule has 1 atom stereocenters. The predicted molar refractivity (Wildman–Crippen MR) is 79.5 cm³/mol. The van der Waals surface area contributed by atoms with E-state index in [1.807, 2.05) is 24.3 Å². The molecule has 1 heterocycles. The van der Waals surface area contributed by atoms with Crippen molar-refractivity contribution in [1.29, 1.82) is 0 Å². The Labute approximate surface area is 122 Å². The van der Waals surface area contributed by atoms with Crippen LogP contribution in [0, 0.1) is 0 Å². The number of nitrogen functional groups attached to an aromatic ring is 1. The van der Waals surface area contributed by atoms with Crippen LogP contribution in [0.4, 0.5) is 5.69 Å². The first kappa shape index (κ1) is 13.3. The van der Waals surface area contributed by atoms with E-state index in [1.165, 1.54) is 0 Å². The van der Waals surface area contributed by atoms with E-state index in [0.29, 0.717) is 30.2 Å². The van der Waals surface area contributed by atoms with Crippen molar-refractivity contribution < 1.29 is 14.3 Å². The van der Waals surface area contributed by atoms with Gasteiger partial charge in [0.2, 0.25) is 0 Å². The number of nitrogens with one attached hydrogen (secondary N) is 1. The Bertz CT molecular complexity index is 657. The molecule has 3 rings (SSSR count). The number of para-hydroxylation sites is 3. The first-order chi connectivity index (χ1) is 10.2. The lowest BCUT2D eigenvalue weighted by atomic mass is 10.1. The second-order valence-corrected chi connectivity index (χ2v) is 4.79. The molecule has 0 spiro atoms. The van der Waals surface area contributed by atoms with Crippen LogP contribution in [-0.2, 0) is 0 Å². The molecule has 108 valence electrons. The van der Waals surface area contributed by atoms with Crippen molar-refractivity contribution in [2.45, 2.75) is 6.10 Å². The van der Waals surface area contributed by atoms with Crippen LogP contribution in [0.5, 0.6) is 11.5 Å². The normalized spacial score (nSPS) is 16.3. The minimum atomic E-state index is -0.214. The van der Waals surface area contributed by atoms with E-state index in [0.717, 1.165) is 5.75 Å². The maximum atomic E-state index is 12.1. The molecule has 1 amide bonds. The molecule has 21 heavy (non-hydrogen) atoms. The summed E-state index contributed by atoms with van der Waals surface area (Å²) >= 11 is 0. The minimum absolute atomic E-state index is 0.212. The van der Waals surface area contributed by atoms with Crippen LogP contribution in [0.25, 0.3) is 0 Å². The number of nitrogens with two attached hydrogens (primary N) is 1. The zero-order chi connectivity index (χ0) is 14.7. The number of hydrogen-bond donors (Lipinski definition) is 2. The molecule has 0 saturated carbocycles. The first-order valence-electron chi connectivity index (χ1n) is 6.75. The molecule has 5 nitrogen and oxygen atoms in total. The molecule has 1 aliphatic rings. The van der Waals surface area contributed by atoms with Crippen LogP contribution in [0.15, 0.2) is 48.5 Å². The van der Waals surface area contributed by atoms with Gasteiger partial charge in [0, 0.05) is 5.69 Å². The summed E-state index contributed by atoms with van der Waals surface area (Å²) in [4.78, 5) is 12.1. The Balaban J connectivity index is 1.59. The quantitative estimate of drug-likeness (QED) is 0.843. The van der Waals surface area contributed by atoms with E-state index in [-0.39, 0.29) is 12.0 Å². The van der Waals surface area contributed by atoms with Crippen molar-refractivity contribution in [2.75, 3.05) is 18.9 Å². The van der Waals surface area contributed by atoms with Gasteiger partial charge in [-0.1, -0.05) is 24.3 Å². The van der Waals surface area contributed by atoms with Gasteiger partial charge in [-0.05, 0) is 24.3 Å². The number of rotatable bonds is 3. The fraction of sp³-hybridized carbons (Fsp3) is 0.188. The molecule has 0 radical (unpaired) electrons. The smallest absolute Gasteiger partial charge is 0.253 e. The van der Waals surface area contributed by atoms with E-state index in [4.69, 9.17) is 15.2 Å². The van der Waals surface area contributed by atoms with Crippen LogP contribution < -0.4 is 20.5 Å². The van der Waals surface area contributed by atoms with Crippen molar-refractivity contribution in [3.8, 4) is 11.5 Å². The molecule has 0 bridgehead atoms. The number of anilines is 1. The van der Waals surface area contributed by atoms with Gasteiger partial charge in [-0.25, -0.2) is 0 Å². The predicted octanol–water partition coefficient (Wildman–Crippen LogP) is 1.84. The second-order valence-electron chi connectivity index (χ2n) is 4.79. The van der Waals surface area contributed by atoms with Crippen LogP contribution >= 0.6 is 0 Å². The van der Waals surface area contributed by atoms with Gasteiger partial charge >= 0.3 is 0 Å². The van der Waals surface area contributed by atoms with E-state index in [1.54, 1.807) is 24.3 Å². The van der Waals surface area contributed by atoms with Gasteiger partial charge in [-0.2, -0.15) is 0 Å². The van der Waals surface area contributed by atoms with Gasteiger partial charge in [0.15, 0.2) is 11.5 Å². The number of carbonyl (C=O) groups excluding carboxylic acids is 1. The lowest BCUT2D eigenvalue weighted by Crippen LogP contribution is -2.40. The van der Waals surface area contributed by atoms with Crippen LogP contribution in [0.2, 0.25) is 0 Å². The SMILES string of the molecule is Nc1ccccc1C(=O)NCC1COc2ccccc2O1. The summed E-state index contributed by atoms with van der Waals surface area (Å²) in [6, 6.07) is 14.4.